The van der Waals surface area contributed by atoms with Crippen LogP contribution in [0.4, 0.5) is 0 Å². The highest BCUT2D eigenvalue weighted by molar-refractivity contribution is 5.78. The van der Waals surface area contributed by atoms with Gasteiger partial charge in [0.2, 0.25) is 0 Å². The van der Waals surface area contributed by atoms with E-state index in [0.717, 1.165) is 12.8 Å². The Labute approximate surface area is 147 Å². The molecule has 2 N–H and O–H groups in total. The van der Waals surface area contributed by atoms with E-state index in [1.54, 1.807) is 13.8 Å². The zero-order valence-corrected chi connectivity index (χ0v) is 16.4. The monoisotopic (exact) mass is 340 g/mol. The lowest BCUT2D eigenvalue weighted by atomic mass is 9.75. The minimum atomic E-state index is -1.21. The average molecular weight is 341 g/mol. The van der Waals surface area contributed by atoms with Crippen LogP contribution in [0.2, 0.25) is 0 Å². The van der Waals surface area contributed by atoms with Crippen molar-refractivity contribution in [3.8, 4) is 0 Å². The van der Waals surface area contributed by atoms with Crippen molar-refractivity contribution < 1.29 is 19.7 Å². The molecule has 6 unspecified atom stereocenters. The summed E-state index contributed by atoms with van der Waals surface area (Å²) in [5, 5.41) is 20.5. The van der Waals surface area contributed by atoms with Gasteiger partial charge in [0.1, 0.15) is 6.10 Å². The van der Waals surface area contributed by atoms with E-state index in [9.17, 15) is 15.0 Å². The van der Waals surface area contributed by atoms with Gasteiger partial charge < -0.3 is 14.9 Å². The van der Waals surface area contributed by atoms with Gasteiger partial charge in [0, 0.05) is 5.92 Å². The predicted octanol–water partition coefficient (Wildman–Crippen LogP) is 3.39. The average Bonchev–Trinajstić information content (AvgIpc) is 2.99. The molecule has 0 radical (unpaired) electrons. The number of ether oxygens (including phenoxy) is 1. The van der Waals surface area contributed by atoms with Crippen LogP contribution in [0.5, 0.6) is 0 Å². The van der Waals surface area contributed by atoms with Crippen molar-refractivity contribution in [2.45, 2.75) is 85.5 Å². The Balaban J connectivity index is 2.06. The summed E-state index contributed by atoms with van der Waals surface area (Å²) in [5.41, 5.74) is -1.54. The van der Waals surface area contributed by atoms with Crippen molar-refractivity contribution in [3.63, 3.8) is 0 Å². The first-order valence-corrected chi connectivity index (χ1v) is 9.48. The number of carbonyl (C=O) groups excluding carboxylic acids is 1. The van der Waals surface area contributed by atoms with E-state index in [1.165, 1.54) is 6.42 Å². The molecule has 0 aromatic rings. The van der Waals surface area contributed by atoms with Gasteiger partial charge in [-0.2, -0.15) is 0 Å². The van der Waals surface area contributed by atoms with Crippen molar-refractivity contribution in [2.24, 2.45) is 35.0 Å². The summed E-state index contributed by atoms with van der Waals surface area (Å²) in [6, 6.07) is 0. The summed E-state index contributed by atoms with van der Waals surface area (Å²) in [5.74, 6) is 0.734. The van der Waals surface area contributed by atoms with Gasteiger partial charge in [0.25, 0.3) is 0 Å². The largest absolute Gasteiger partial charge is 0.462 e. The summed E-state index contributed by atoms with van der Waals surface area (Å²) in [6.07, 6.45) is 2.31. The molecule has 0 bridgehead atoms. The lowest BCUT2D eigenvalue weighted by Gasteiger charge is -2.36. The van der Waals surface area contributed by atoms with Crippen LogP contribution < -0.4 is 0 Å². The Bertz CT molecular complexity index is 463. The van der Waals surface area contributed by atoms with Gasteiger partial charge in [-0.25, -0.2) is 0 Å². The summed E-state index contributed by atoms with van der Waals surface area (Å²) in [4.78, 5) is 12.8. The van der Waals surface area contributed by atoms with Gasteiger partial charge in [-0.05, 0) is 49.9 Å². The molecular weight excluding hydrogens is 304 g/mol. The van der Waals surface area contributed by atoms with E-state index < -0.39 is 11.7 Å². The highest BCUT2D eigenvalue weighted by atomic mass is 16.5. The first kappa shape index (κ1) is 19.7. The number of hydrogen-bond acceptors (Lipinski definition) is 4. The molecule has 2 aliphatic carbocycles. The second kappa shape index (κ2) is 6.60. The number of carbonyl (C=O) groups is 1. The van der Waals surface area contributed by atoms with Gasteiger partial charge in [-0.3, -0.25) is 4.79 Å². The van der Waals surface area contributed by atoms with Crippen LogP contribution >= 0.6 is 0 Å². The Hall–Kier alpha value is -0.610. The summed E-state index contributed by atoms with van der Waals surface area (Å²) < 4.78 is 5.96. The minimum Gasteiger partial charge on any atom is -0.462 e. The Kier molecular flexibility index (Phi) is 5.42. The SMILES string of the molecule is CC1CCC(C(C)C)C(OC(=O)C2C(C(O)C(C)(C)O)C2(C)C)C1. The lowest BCUT2D eigenvalue weighted by molar-refractivity contribution is -0.159. The van der Waals surface area contributed by atoms with E-state index in [0.29, 0.717) is 17.8 Å². The first-order chi connectivity index (χ1) is 10.9. The molecule has 0 aromatic carbocycles. The van der Waals surface area contributed by atoms with Crippen LogP contribution in [-0.2, 0) is 9.53 Å². The topological polar surface area (TPSA) is 66.8 Å². The molecule has 24 heavy (non-hydrogen) atoms. The van der Waals surface area contributed by atoms with E-state index in [2.05, 4.69) is 20.8 Å². The molecule has 0 aromatic heterocycles. The smallest absolute Gasteiger partial charge is 0.310 e. The number of aliphatic hydroxyl groups is 2. The number of hydrogen-bond donors (Lipinski definition) is 2. The molecule has 2 saturated carbocycles. The number of esters is 1. The molecule has 0 aliphatic heterocycles. The molecule has 6 atom stereocenters. The fourth-order valence-corrected chi connectivity index (χ4v) is 4.63. The standard InChI is InChI=1S/C20H36O4/c1-11(2)13-9-8-12(3)10-14(13)24-18(22)16-15(19(16,4)5)17(21)20(6,7)23/h11-17,21,23H,8-10H2,1-7H3. The molecule has 0 heterocycles. The summed E-state index contributed by atoms with van der Waals surface area (Å²) >= 11 is 0. The molecule has 2 aliphatic rings. The zero-order chi connectivity index (χ0) is 18.4. The molecule has 2 fully saturated rings. The lowest BCUT2D eigenvalue weighted by Crippen LogP contribution is -2.39. The van der Waals surface area contributed by atoms with Crippen molar-refractivity contribution in [3.05, 3.63) is 0 Å². The second-order valence-electron chi connectivity index (χ2n) is 9.72. The highest BCUT2D eigenvalue weighted by Crippen LogP contribution is 2.62. The minimum absolute atomic E-state index is 0.0161. The van der Waals surface area contributed by atoms with Crippen LogP contribution in [0, 0.1) is 35.0 Å². The zero-order valence-electron chi connectivity index (χ0n) is 16.4. The molecule has 0 saturated heterocycles. The molecule has 4 nitrogen and oxygen atoms in total. The third-order valence-electron chi connectivity index (χ3n) is 6.46. The van der Waals surface area contributed by atoms with Crippen molar-refractivity contribution in [2.75, 3.05) is 0 Å². The van der Waals surface area contributed by atoms with E-state index in [4.69, 9.17) is 4.74 Å². The predicted molar refractivity (Wildman–Crippen MR) is 94.3 cm³/mol. The van der Waals surface area contributed by atoms with Gasteiger partial charge >= 0.3 is 5.97 Å². The molecule has 2 rings (SSSR count). The van der Waals surface area contributed by atoms with Crippen LogP contribution in [0.1, 0.15) is 67.7 Å². The fourth-order valence-electron chi connectivity index (χ4n) is 4.63. The van der Waals surface area contributed by atoms with Crippen LogP contribution in [-0.4, -0.2) is 34.0 Å². The van der Waals surface area contributed by atoms with Crippen molar-refractivity contribution >= 4 is 5.97 Å². The van der Waals surface area contributed by atoms with Gasteiger partial charge in [-0.15, -0.1) is 0 Å². The Morgan fingerprint density at radius 2 is 1.83 bits per heavy atom. The number of rotatable bonds is 5. The first-order valence-electron chi connectivity index (χ1n) is 9.48. The van der Waals surface area contributed by atoms with Crippen LogP contribution in [0.15, 0.2) is 0 Å². The van der Waals surface area contributed by atoms with Gasteiger partial charge in [0.05, 0.1) is 17.6 Å². The third kappa shape index (κ3) is 3.80. The van der Waals surface area contributed by atoms with Crippen LogP contribution in [0.3, 0.4) is 0 Å². The quantitative estimate of drug-likeness (QED) is 0.753. The summed E-state index contributed by atoms with van der Waals surface area (Å²) in [6.45, 7) is 13.7. The maximum atomic E-state index is 12.8. The molecule has 140 valence electrons. The Morgan fingerprint density at radius 3 is 2.33 bits per heavy atom. The van der Waals surface area contributed by atoms with E-state index >= 15 is 0 Å². The van der Waals surface area contributed by atoms with Gasteiger partial charge in [0.15, 0.2) is 0 Å². The summed E-state index contributed by atoms with van der Waals surface area (Å²) in [7, 11) is 0. The highest BCUT2D eigenvalue weighted by Gasteiger charge is 2.67. The molecule has 0 amide bonds. The fraction of sp³-hybridized carbons (Fsp3) is 0.950. The Morgan fingerprint density at radius 1 is 1.25 bits per heavy atom. The third-order valence-corrected chi connectivity index (χ3v) is 6.46. The van der Waals surface area contributed by atoms with Crippen molar-refractivity contribution in [1.82, 2.24) is 0 Å². The maximum absolute atomic E-state index is 12.8. The molecule has 4 heteroatoms. The maximum Gasteiger partial charge on any atom is 0.310 e. The second-order valence-corrected chi connectivity index (χ2v) is 9.72. The van der Waals surface area contributed by atoms with E-state index in [1.807, 2.05) is 13.8 Å². The molecular formula is C20H36O4. The number of aliphatic hydroxyl groups excluding tert-OH is 1. The van der Waals surface area contributed by atoms with Gasteiger partial charge in [-0.1, -0.05) is 41.0 Å². The van der Waals surface area contributed by atoms with Crippen molar-refractivity contribution in [1.29, 1.82) is 0 Å². The van der Waals surface area contributed by atoms with Crippen LogP contribution in [0.25, 0.3) is 0 Å². The normalized spacial score (nSPS) is 37.2. The van der Waals surface area contributed by atoms with E-state index in [-0.39, 0.29) is 29.3 Å². The molecule has 0 spiro atoms.